The first-order chi connectivity index (χ1) is 15.8. The van der Waals surface area contributed by atoms with Crippen LogP contribution < -0.4 is 4.74 Å². The predicted octanol–water partition coefficient (Wildman–Crippen LogP) is 2.48. The average molecular weight is 458 g/mol. The number of hydrogen-bond acceptors (Lipinski definition) is 6. The molecule has 4 rings (SSSR count). The van der Waals surface area contributed by atoms with Gasteiger partial charge in [-0.3, -0.25) is 9.58 Å². The summed E-state index contributed by atoms with van der Waals surface area (Å²) in [5, 5.41) is 20.6. The molecule has 2 N–H and O–H groups in total. The lowest BCUT2D eigenvalue weighted by atomic mass is 9.98. The fraction of sp³-hybridized carbons (Fsp3) is 0.542. The number of terminal acetylenes is 1. The van der Waals surface area contributed by atoms with Crippen LogP contribution in [-0.2, 0) is 20.9 Å². The van der Waals surface area contributed by atoms with Crippen LogP contribution in [0.1, 0.15) is 32.6 Å². The summed E-state index contributed by atoms with van der Waals surface area (Å²) in [4.78, 5) is 20.9. The summed E-state index contributed by atoms with van der Waals surface area (Å²) in [5.74, 6) is 0.365. The van der Waals surface area contributed by atoms with E-state index in [9.17, 15) is 0 Å². The molecule has 2 unspecified atom stereocenters. The van der Waals surface area contributed by atoms with E-state index in [4.69, 9.17) is 35.7 Å². The van der Waals surface area contributed by atoms with Crippen molar-refractivity contribution in [2.24, 2.45) is 5.92 Å². The largest absolute Gasteiger partial charge is 0.497 e. The van der Waals surface area contributed by atoms with Crippen molar-refractivity contribution in [1.29, 1.82) is 0 Å². The molecule has 0 radical (unpaired) electrons. The zero-order chi connectivity index (χ0) is 24.0. The molecule has 9 heteroatoms. The van der Waals surface area contributed by atoms with Gasteiger partial charge in [-0.05, 0) is 43.7 Å². The number of carboxylic acid groups (broad SMARTS) is 2. The molecular formula is C24H31N3O6. The van der Waals surface area contributed by atoms with Crippen molar-refractivity contribution >= 4 is 22.8 Å². The number of methoxy groups -OCH3 is 1. The van der Waals surface area contributed by atoms with Crippen LogP contribution in [0, 0.1) is 18.3 Å². The minimum absolute atomic E-state index is 0.340. The number of hydrogen-bond donors (Lipinski definition) is 2. The average Bonchev–Trinajstić information content (AvgIpc) is 3.28. The second-order valence-corrected chi connectivity index (χ2v) is 8.66. The molecule has 0 spiro atoms. The molecule has 0 aliphatic carbocycles. The molecule has 1 aromatic heterocycles. The Morgan fingerprint density at radius 1 is 1.21 bits per heavy atom. The van der Waals surface area contributed by atoms with Crippen molar-refractivity contribution in [2.45, 2.75) is 57.3 Å². The third-order valence-corrected chi connectivity index (χ3v) is 6.29. The Kier molecular flexibility index (Phi) is 8.31. The first kappa shape index (κ1) is 24.6. The zero-order valence-electron chi connectivity index (χ0n) is 19.0. The number of fused-ring (bicyclic) bond motifs is 3. The highest BCUT2D eigenvalue weighted by Crippen LogP contribution is 2.37. The van der Waals surface area contributed by atoms with Crippen LogP contribution in [0.15, 0.2) is 24.4 Å². The van der Waals surface area contributed by atoms with Gasteiger partial charge in [0.2, 0.25) is 0 Å². The highest BCUT2D eigenvalue weighted by molar-refractivity contribution is 6.27. The van der Waals surface area contributed by atoms with Crippen LogP contribution in [0.2, 0.25) is 0 Å². The van der Waals surface area contributed by atoms with Gasteiger partial charge in [-0.15, -0.1) is 6.42 Å². The van der Waals surface area contributed by atoms with Gasteiger partial charge < -0.3 is 19.7 Å². The Balaban J connectivity index is 0.000000454. The van der Waals surface area contributed by atoms with Crippen LogP contribution in [0.4, 0.5) is 0 Å². The fourth-order valence-electron chi connectivity index (χ4n) is 4.86. The van der Waals surface area contributed by atoms with Gasteiger partial charge in [-0.25, -0.2) is 9.59 Å². The Morgan fingerprint density at radius 2 is 1.88 bits per heavy atom. The van der Waals surface area contributed by atoms with E-state index in [-0.39, 0.29) is 0 Å². The quantitative estimate of drug-likeness (QED) is 0.482. The Bertz CT molecular complexity index is 987. The van der Waals surface area contributed by atoms with E-state index in [1.807, 2.05) is 12.3 Å². The van der Waals surface area contributed by atoms with Crippen LogP contribution in [0.25, 0.3) is 10.9 Å². The minimum Gasteiger partial charge on any atom is -0.497 e. The SMILES string of the molecule is C#CCOC1C[C@H]2CC[C@@H](C1)N2CC(C)Cn1ncc2ccc(OC)cc21.O=C(O)C(=O)O. The number of rotatable bonds is 7. The Labute approximate surface area is 193 Å². The topological polar surface area (TPSA) is 114 Å². The van der Waals surface area contributed by atoms with Crippen LogP contribution in [-0.4, -0.2) is 75.3 Å². The number of piperidine rings is 1. The molecule has 2 bridgehead atoms. The van der Waals surface area contributed by atoms with Gasteiger partial charge >= 0.3 is 11.9 Å². The second-order valence-electron chi connectivity index (χ2n) is 8.66. The zero-order valence-corrected chi connectivity index (χ0v) is 19.0. The molecule has 2 aromatic rings. The van der Waals surface area contributed by atoms with Crippen molar-refractivity contribution in [1.82, 2.24) is 14.7 Å². The number of aromatic nitrogens is 2. The molecule has 2 saturated heterocycles. The molecule has 1 aromatic carbocycles. The molecule has 3 heterocycles. The van der Waals surface area contributed by atoms with E-state index >= 15 is 0 Å². The van der Waals surface area contributed by atoms with Crippen molar-refractivity contribution in [3.63, 3.8) is 0 Å². The molecule has 4 atom stereocenters. The van der Waals surface area contributed by atoms with E-state index in [0.717, 1.165) is 42.6 Å². The first-order valence-electron chi connectivity index (χ1n) is 11.1. The highest BCUT2D eigenvalue weighted by Gasteiger charge is 2.41. The monoisotopic (exact) mass is 457 g/mol. The molecule has 2 aliphatic heterocycles. The number of ether oxygens (including phenoxy) is 2. The molecule has 2 aliphatic rings. The van der Waals surface area contributed by atoms with Crippen molar-refractivity contribution in [3.8, 4) is 18.1 Å². The number of benzene rings is 1. The van der Waals surface area contributed by atoms with E-state index in [2.05, 4.69) is 39.7 Å². The number of aliphatic carboxylic acids is 2. The predicted molar refractivity (Wildman–Crippen MR) is 122 cm³/mol. The summed E-state index contributed by atoms with van der Waals surface area (Å²) in [6.45, 7) is 4.80. The lowest BCUT2D eigenvalue weighted by Gasteiger charge is -2.40. The maximum Gasteiger partial charge on any atom is 0.414 e. The summed E-state index contributed by atoms with van der Waals surface area (Å²) in [7, 11) is 1.71. The third-order valence-electron chi connectivity index (χ3n) is 6.29. The summed E-state index contributed by atoms with van der Waals surface area (Å²) >= 11 is 0. The number of carbonyl (C=O) groups is 2. The summed E-state index contributed by atoms with van der Waals surface area (Å²) in [6, 6.07) is 7.42. The van der Waals surface area contributed by atoms with Crippen molar-refractivity contribution in [2.75, 3.05) is 20.3 Å². The van der Waals surface area contributed by atoms with Crippen molar-refractivity contribution in [3.05, 3.63) is 24.4 Å². The van der Waals surface area contributed by atoms with Crippen LogP contribution in [0.5, 0.6) is 5.75 Å². The van der Waals surface area contributed by atoms with Gasteiger partial charge in [-0.2, -0.15) is 5.10 Å². The van der Waals surface area contributed by atoms with Crippen LogP contribution >= 0.6 is 0 Å². The van der Waals surface area contributed by atoms with Crippen molar-refractivity contribution < 1.29 is 29.3 Å². The summed E-state index contributed by atoms with van der Waals surface area (Å²) in [6.07, 6.45) is 12.4. The van der Waals surface area contributed by atoms with Gasteiger partial charge in [0.05, 0.1) is 24.9 Å². The molecule has 33 heavy (non-hydrogen) atoms. The van der Waals surface area contributed by atoms with E-state index in [0.29, 0.717) is 30.7 Å². The normalized spacial score (nSPS) is 22.8. The Hall–Kier alpha value is -3.09. The highest BCUT2D eigenvalue weighted by atomic mass is 16.5. The second kappa shape index (κ2) is 11.2. The van der Waals surface area contributed by atoms with Gasteiger partial charge in [0.1, 0.15) is 12.4 Å². The smallest absolute Gasteiger partial charge is 0.414 e. The molecule has 0 amide bonds. The third kappa shape index (κ3) is 6.24. The molecule has 0 saturated carbocycles. The maximum atomic E-state index is 9.10. The molecule has 2 fully saturated rings. The standard InChI is InChI=1S/C22H29N3O2.C2H2O4/c1-4-9-27-21-10-18-6-7-19(11-21)24(18)14-16(2)15-25-22-12-20(26-3)8-5-17(22)13-23-25;3-1(4)2(5)6/h1,5,8,12-13,16,18-19,21H,6-7,9-11,14-15H2,2-3H3;(H,3,4)(H,5,6)/t16?,18-,19+,21?;. The summed E-state index contributed by atoms with van der Waals surface area (Å²) in [5.41, 5.74) is 1.14. The van der Waals surface area contributed by atoms with Crippen LogP contribution in [0.3, 0.4) is 0 Å². The molecule has 178 valence electrons. The summed E-state index contributed by atoms with van der Waals surface area (Å²) < 4.78 is 13.3. The lowest BCUT2D eigenvalue weighted by Crippen LogP contribution is -2.47. The molecule has 9 nitrogen and oxygen atoms in total. The van der Waals surface area contributed by atoms with Gasteiger partial charge in [0, 0.05) is 36.6 Å². The number of nitrogens with zero attached hydrogens (tertiary/aromatic N) is 3. The first-order valence-corrected chi connectivity index (χ1v) is 11.1. The lowest BCUT2D eigenvalue weighted by molar-refractivity contribution is -0.159. The van der Waals surface area contributed by atoms with Gasteiger partial charge in [0.15, 0.2) is 0 Å². The maximum absolute atomic E-state index is 9.10. The van der Waals surface area contributed by atoms with E-state index in [1.54, 1.807) is 7.11 Å². The Morgan fingerprint density at radius 3 is 2.45 bits per heavy atom. The number of carboxylic acids is 2. The van der Waals surface area contributed by atoms with E-state index < -0.39 is 11.9 Å². The fourth-order valence-corrected chi connectivity index (χ4v) is 4.86. The van der Waals surface area contributed by atoms with Gasteiger partial charge in [0.25, 0.3) is 0 Å². The van der Waals surface area contributed by atoms with Gasteiger partial charge in [-0.1, -0.05) is 12.8 Å². The van der Waals surface area contributed by atoms with E-state index in [1.165, 1.54) is 12.8 Å². The minimum atomic E-state index is -1.82. The molecular weight excluding hydrogens is 426 g/mol.